The topological polar surface area (TPSA) is 72.2 Å². The molecular formula is C23H21FN2O3S2. The number of thiophene rings is 1. The lowest BCUT2D eigenvalue weighted by Crippen LogP contribution is -2.16. The number of sulfone groups is 1. The lowest BCUT2D eigenvalue weighted by atomic mass is 10.1. The first-order valence-electron chi connectivity index (χ1n) is 9.52. The summed E-state index contributed by atoms with van der Waals surface area (Å²) < 4.78 is 39.3. The third kappa shape index (κ3) is 4.46. The molecule has 0 radical (unpaired) electrons. The summed E-state index contributed by atoms with van der Waals surface area (Å²) >= 11 is 1.46. The van der Waals surface area contributed by atoms with Gasteiger partial charge < -0.3 is 5.11 Å². The van der Waals surface area contributed by atoms with Gasteiger partial charge in [-0.3, -0.25) is 0 Å². The molecule has 4 rings (SSSR count). The fraction of sp³-hybridized carbons (Fsp3) is 0.174. The van der Waals surface area contributed by atoms with Gasteiger partial charge in [-0.1, -0.05) is 18.2 Å². The summed E-state index contributed by atoms with van der Waals surface area (Å²) in [7, 11) is -3.31. The van der Waals surface area contributed by atoms with Crippen LogP contribution < -0.4 is 0 Å². The fourth-order valence-corrected chi connectivity index (χ4v) is 4.84. The van der Waals surface area contributed by atoms with Crippen molar-refractivity contribution in [3.05, 3.63) is 78.2 Å². The van der Waals surface area contributed by atoms with Crippen LogP contribution in [0.5, 0.6) is 0 Å². The molecule has 2 aromatic heterocycles. The SMILES string of the molecule is CC(C)(O)c1cc(-c2ccc(-c3cccc(S(C)(=O)=O)c3)s2)n(-c2cccc(F)c2)n1. The van der Waals surface area contributed by atoms with Gasteiger partial charge in [-0.25, -0.2) is 17.5 Å². The van der Waals surface area contributed by atoms with Crippen molar-refractivity contribution in [2.75, 3.05) is 6.26 Å². The molecule has 31 heavy (non-hydrogen) atoms. The Balaban J connectivity index is 1.83. The van der Waals surface area contributed by atoms with E-state index < -0.39 is 15.4 Å². The van der Waals surface area contributed by atoms with Gasteiger partial charge in [0.1, 0.15) is 11.4 Å². The van der Waals surface area contributed by atoms with Crippen LogP contribution in [0.15, 0.2) is 71.6 Å². The van der Waals surface area contributed by atoms with Crippen LogP contribution >= 0.6 is 11.3 Å². The molecule has 0 bridgehead atoms. The summed E-state index contributed by atoms with van der Waals surface area (Å²) in [4.78, 5) is 2.00. The third-order valence-corrected chi connectivity index (χ3v) is 7.06. The second-order valence-corrected chi connectivity index (χ2v) is 10.9. The highest BCUT2D eigenvalue weighted by molar-refractivity contribution is 7.90. The van der Waals surface area contributed by atoms with Gasteiger partial charge in [0, 0.05) is 11.1 Å². The van der Waals surface area contributed by atoms with Crippen molar-refractivity contribution < 1.29 is 17.9 Å². The minimum atomic E-state index is -3.31. The second kappa shape index (κ2) is 7.71. The number of hydrogen-bond donors (Lipinski definition) is 1. The standard InChI is InChI=1S/C23H21FN2O3S2/c1-23(2,27)22-14-19(26(25-22)17-8-5-7-16(24)13-17)21-11-10-20(30-21)15-6-4-9-18(12-15)31(3,28)29/h4-14,27H,1-3H3. The van der Waals surface area contributed by atoms with Crippen molar-refractivity contribution in [2.45, 2.75) is 24.3 Å². The molecule has 5 nitrogen and oxygen atoms in total. The van der Waals surface area contributed by atoms with Crippen LogP contribution in [0.1, 0.15) is 19.5 Å². The Labute approximate surface area is 184 Å². The number of rotatable bonds is 5. The summed E-state index contributed by atoms with van der Waals surface area (Å²) in [5, 5.41) is 15.0. The first-order chi connectivity index (χ1) is 14.5. The molecular weight excluding hydrogens is 435 g/mol. The van der Waals surface area contributed by atoms with E-state index in [1.54, 1.807) is 54.9 Å². The molecule has 4 aromatic rings. The number of nitrogens with zero attached hydrogens (tertiary/aromatic N) is 2. The zero-order chi connectivity index (χ0) is 22.4. The predicted octanol–water partition coefficient (Wildman–Crippen LogP) is 5.04. The summed E-state index contributed by atoms with van der Waals surface area (Å²) in [5.41, 5.74) is 1.33. The lowest BCUT2D eigenvalue weighted by Gasteiger charge is -2.13. The number of aliphatic hydroxyl groups is 1. The Morgan fingerprint density at radius 1 is 1.00 bits per heavy atom. The largest absolute Gasteiger partial charge is 0.384 e. The molecule has 0 fully saturated rings. The maximum absolute atomic E-state index is 13.9. The number of benzene rings is 2. The van der Waals surface area contributed by atoms with Gasteiger partial charge in [0.05, 0.1) is 26.8 Å². The lowest BCUT2D eigenvalue weighted by molar-refractivity contribution is 0.0734. The molecule has 160 valence electrons. The Morgan fingerprint density at radius 2 is 1.71 bits per heavy atom. The zero-order valence-electron chi connectivity index (χ0n) is 17.2. The van der Waals surface area contributed by atoms with Gasteiger partial charge in [-0.2, -0.15) is 5.10 Å². The minimum absolute atomic E-state index is 0.258. The highest BCUT2D eigenvalue weighted by Gasteiger charge is 2.24. The van der Waals surface area contributed by atoms with Gasteiger partial charge in [0.25, 0.3) is 0 Å². The fourth-order valence-electron chi connectivity index (χ4n) is 3.17. The smallest absolute Gasteiger partial charge is 0.175 e. The van der Waals surface area contributed by atoms with Crippen LogP contribution in [0.2, 0.25) is 0 Å². The highest BCUT2D eigenvalue weighted by atomic mass is 32.2. The van der Waals surface area contributed by atoms with Crippen molar-refractivity contribution in [1.29, 1.82) is 0 Å². The predicted molar refractivity (Wildman–Crippen MR) is 121 cm³/mol. The monoisotopic (exact) mass is 456 g/mol. The van der Waals surface area contributed by atoms with Crippen LogP contribution in [0, 0.1) is 5.82 Å². The van der Waals surface area contributed by atoms with Crippen LogP contribution in [-0.4, -0.2) is 29.6 Å². The van der Waals surface area contributed by atoms with Crippen molar-refractivity contribution >= 4 is 21.2 Å². The molecule has 0 aliphatic rings. The summed E-state index contributed by atoms with van der Waals surface area (Å²) in [5.74, 6) is -0.381. The van der Waals surface area contributed by atoms with Crippen molar-refractivity contribution in [2.24, 2.45) is 0 Å². The van der Waals surface area contributed by atoms with Crippen LogP contribution in [-0.2, 0) is 15.4 Å². The van der Waals surface area contributed by atoms with E-state index in [0.717, 1.165) is 15.3 Å². The molecule has 0 atom stereocenters. The molecule has 0 unspecified atom stereocenters. The first kappa shape index (κ1) is 21.4. The Kier molecular flexibility index (Phi) is 5.33. The Morgan fingerprint density at radius 3 is 2.39 bits per heavy atom. The molecule has 0 amide bonds. The van der Waals surface area contributed by atoms with Gasteiger partial charge in [0.15, 0.2) is 9.84 Å². The number of hydrogen-bond acceptors (Lipinski definition) is 5. The van der Waals surface area contributed by atoms with E-state index in [1.165, 1.54) is 29.7 Å². The normalized spacial score (nSPS) is 12.3. The summed E-state index contributed by atoms with van der Waals surface area (Å²) in [6.07, 6.45) is 1.18. The van der Waals surface area contributed by atoms with Crippen LogP contribution in [0.3, 0.4) is 0 Å². The highest BCUT2D eigenvalue weighted by Crippen LogP contribution is 2.37. The van der Waals surface area contributed by atoms with E-state index in [1.807, 2.05) is 18.2 Å². The molecule has 0 saturated heterocycles. The average molecular weight is 457 g/mol. The van der Waals surface area contributed by atoms with E-state index in [4.69, 9.17) is 0 Å². The molecule has 2 aromatic carbocycles. The van der Waals surface area contributed by atoms with E-state index >= 15 is 0 Å². The van der Waals surface area contributed by atoms with Crippen molar-refractivity contribution in [3.63, 3.8) is 0 Å². The minimum Gasteiger partial charge on any atom is -0.384 e. The average Bonchev–Trinajstić information content (AvgIpc) is 3.34. The Bertz CT molecular complexity index is 1370. The van der Waals surface area contributed by atoms with Gasteiger partial charge >= 0.3 is 0 Å². The molecule has 8 heteroatoms. The number of halogens is 1. The van der Waals surface area contributed by atoms with E-state index in [-0.39, 0.29) is 10.7 Å². The summed E-state index contributed by atoms with van der Waals surface area (Å²) in [6, 6.07) is 18.5. The van der Waals surface area contributed by atoms with E-state index in [2.05, 4.69) is 5.10 Å². The van der Waals surface area contributed by atoms with Gasteiger partial charge in [-0.15, -0.1) is 11.3 Å². The maximum atomic E-state index is 13.9. The van der Waals surface area contributed by atoms with Gasteiger partial charge in [0.2, 0.25) is 0 Å². The first-order valence-corrected chi connectivity index (χ1v) is 12.2. The van der Waals surface area contributed by atoms with Crippen molar-refractivity contribution in [3.8, 4) is 26.7 Å². The van der Waals surface area contributed by atoms with E-state index in [9.17, 15) is 17.9 Å². The summed E-state index contributed by atoms with van der Waals surface area (Å²) in [6.45, 7) is 3.29. The molecule has 1 N–H and O–H groups in total. The van der Waals surface area contributed by atoms with Crippen molar-refractivity contribution in [1.82, 2.24) is 9.78 Å². The van der Waals surface area contributed by atoms with Crippen LogP contribution in [0.25, 0.3) is 26.7 Å². The molecule has 0 spiro atoms. The van der Waals surface area contributed by atoms with E-state index in [0.29, 0.717) is 17.1 Å². The molecule has 0 saturated carbocycles. The molecule has 0 aliphatic heterocycles. The zero-order valence-corrected chi connectivity index (χ0v) is 18.8. The molecule has 0 aliphatic carbocycles. The molecule has 2 heterocycles. The number of aromatic nitrogens is 2. The second-order valence-electron chi connectivity index (χ2n) is 7.83. The quantitative estimate of drug-likeness (QED) is 0.457. The van der Waals surface area contributed by atoms with Gasteiger partial charge in [-0.05, 0) is 67.9 Å². The maximum Gasteiger partial charge on any atom is 0.175 e. The van der Waals surface area contributed by atoms with Crippen LogP contribution in [0.4, 0.5) is 4.39 Å². The Hall–Kier alpha value is -2.81. The third-order valence-electron chi connectivity index (χ3n) is 4.79.